The van der Waals surface area contributed by atoms with Crippen LogP contribution in [-0.2, 0) is 16.1 Å². The molecule has 33 heavy (non-hydrogen) atoms. The fraction of sp³-hybridized carbons (Fsp3) is 0.190. The van der Waals surface area contributed by atoms with Crippen molar-refractivity contribution < 1.29 is 33.9 Å². The molecule has 1 aliphatic rings. The quantitative estimate of drug-likeness (QED) is 0.279. The lowest BCUT2D eigenvalue weighted by atomic mass is 10.1. The number of carboxylic acids is 1. The van der Waals surface area contributed by atoms with Gasteiger partial charge in [0.05, 0.1) is 27.5 Å². The first-order chi connectivity index (χ1) is 15.7. The number of carboxylic acid groups (broad SMARTS) is 1. The van der Waals surface area contributed by atoms with E-state index in [1.54, 1.807) is 25.1 Å². The summed E-state index contributed by atoms with van der Waals surface area (Å²) < 4.78 is 11.2. The van der Waals surface area contributed by atoms with Crippen molar-refractivity contribution in [3.63, 3.8) is 0 Å². The topological polar surface area (TPSA) is 136 Å². The van der Waals surface area contributed by atoms with Gasteiger partial charge < -0.3 is 14.6 Å². The molecule has 172 valence electrons. The van der Waals surface area contributed by atoms with Crippen LogP contribution in [0.3, 0.4) is 0 Å². The molecule has 1 saturated heterocycles. The molecule has 0 unspecified atom stereocenters. The highest BCUT2D eigenvalue weighted by atomic mass is 79.9. The molecule has 0 atom stereocenters. The zero-order valence-electron chi connectivity index (χ0n) is 17.1. The summed E-state index contributed by atoms with van der Waals surface area (Å²) >= 11 is 4.07. The zero-order chi connectivity index (χ0) is 24.1. The zero-order valence-corrected chi connectivity index (χ0v) is 19.6. The van der Waals surface area contributed by atoms with Gasteiger partial charge >= 0.3 is 5.97 Å². The molecule has 0 aliphatic carbocycles. The van der Waals surface area contributed by atoms with Crippen LogP contribution in [0, 0.1) is 10.1 Å². The van der Waals surface area contributed by atoms with E-state index in [0.29, 0.717) is 22.2 Å². The maximum atomic E-state index is 12.8. The number of carbonyl (C=O) groups is 3. The minimum Gasteiger partial charge on any atom is -0.490 e. The van der Waals surface area contributed by atoms with E-state index >= 15 is 0 Å². The number of hydrogen-bond acceptors (Lipinski definition) is 8. The van der Waals surface area contributed by atoms with E-state index in [1.807, 2.05) is 0 Å². The Labute approximate surface area is 200 Å². The Kier molecular flexibility index (Phi) is 7.71. The van der Waals surface area contributed by atoms with E-state index in [1.165, 1.54) is 24.3 Å². The van der Waals surface area contributed by atoms with Gasteiger partial charge in [0.25, 0.3) is 16.8 Å². The second-order valence-electron chi connectivity index (χ2n) is 6.64. The monoisotopic (exact) mass is 536 g/mol. The number of ether oxygens (including phenoxy) is 2. The minimum atomic E-state index is -1.15. The van der Waals surface area contributed by atoms with Gasteiger partial charge in [0.15, 0.2) is 18.1 Å². The SMILES string of the molecule is CCOc1cc(C=C2SC(=O)N(Cc3cccc([N+](=O)[O-])c3)C2=O)cc(Br)c1OCC(=O)O. The summed E-state index contributed by atoms with van der Waals surface area (Å²) in [7, 11) is 0. The Bertz CT molecular complexity index is 1170. The van der Waals surface area contributed by atoms with E-state index in [2.05, 4.69) is 15.9 Å². The smallest absolute Gasteiger partial charge is 0.341 e. The van der Waals surface area contributed by atoms with E-state index in [9.17, 15) is 24.5 Å². The number of carbonyl (C=O) groups excluding carboxylic acids is 2. The summed E-state index contributed by atoms with van der Waals surface area (Å²) in [4.78, 5) is 47.7. The number of halogens is 1. The predicted octanol–water partition coefficient (Wildman–Crippen LogP) is 4.46. The molecule has 10 nitrogen and oxygen atoms in total. The molecule has 2 aromatic carbocycles. The maximum Gasteiger partial charge on any atom is 0.341 e. The van der Waals surface area contributed by atoms with Crippen LogP contribution in [0.4, 0.5) is 10.5 Å². The van der Waals surface area contributed by atoms with Crippen molar-refractivity contribution in [3.8, 4) is 11.5 Å². The van der Waals surface area contributed by atoms with Crippen LogP contribution >= 0.6 is 27.7 Å². The van der Waals surface area contributed by atoms with Crippen molar-refractivity contribution >= 4 is 56.6 Å². The molecule has 2 amide bonds. The van der Waals surface area contributed by atoms with Crippen LogP contribution in [0.5, 0.6) is 11.5 Å². The minimum absolute atomic E-state index is 0.0977. The highest BCUT2D eigenvalue weighted by molar-refractivity contribution is 9.10. The molecule has 12 heteroatoms. The lowest BCUT2D eigenvalue weighted by Crippen LogP contribution is -2.27. The van der Waals surface area contributed by atoms with E-state index < -0.39 is 28.6 Å². The molecule has 1 heterocycles. The first-order valence-corrected chi connectivity index (χ1v) is 11.1. The molecule has 0 radical (unpaired) electrons. The standard InChI is InChI=1S/C21H17BrN2O8S/c1-2-31-16-8-13(7-15(22)19(16)32-11-18(25)26)9-17-20(27)23(21(28)33-17)10-12-4-3-5-14(6-12)24(29)30/h3-9H,2,10-11H2,1H3,(H,25,26). The fourth-order valence-corrected chi connectivity index (χ4v) is 4.36. The van der Waals surface area contributed by atoms with Gasteiger partial charge in [0.2, 0.25) is 0 Å². The van der Waals surface area contributed by atoms with Gasteiger partial charge in [-0.3, -0.25) is 24.6 Å². The largest absolute Gasteiger partial charge is 0.490 e. The van der Waals surface area contributed by atoms with Gasteiger partial charge in [-0.05, 0) is 64.0 Å². The Morgan fingerprint density at radius 2 is 2.03 bits per heavy atom. The first kappa shape index (κ1) is 24.3. The van der Waals surface area contributed by atoms with Crippen molar-refractivity contribution in [3.05, 3.63) is 67.0 Å². The Hall–Kier alpha value is -3.38. The van der Waals surface area contributed by atoms with Crippen molar-refractivity contribution in [2.24, 2.45) is 0 Å². The number of non-ortho nitro benzene ring substituents is 1. The number of nitrogens with zero attached hydrogens (tertiary/aromatic N) is 2. The number of imide groups is 1. The van der Waals surface area contributed by atoms with Crippen LogP contribution in [0.2, 0.25) is 0 Å². The van der Waals surface area contributed by atoms with E-state index in [0.717, 1.165) is 16.7 Å². The van der Waals surface area contributed by atoms with Crippen LogP contribution in [-0.4, -0.2) is 45.3 Å². The predicted molar refractivity (Wildman–Crippen MR) is 123 cm³/mol. The van der Waals surface area contributed by atoms with Gasteiger partial charge in [-0.25, -0.2) is 4.79 Å². The molecule has 0 bridgehead atoms. The van der Waals surface area contributed by atoms with Crippen LogP contribution < -0.4 is 9.47 Å². The molecule has 1 aliphatic heterocycles. The second-order valence-corrected chi connectivity index (χ2v) is 8.49. The number of amides is 2. The number of rotatable bonds is 9. The third-order valence-electron chi connectivity index (χ3n) is 4.31. The lowest BCUT2D eigenvalue weighted by molar-refractivity contribution is -0.384. The van der Waals surface area contributed by atoms with Gasteiger partial charge in [-0.2, -0.15) is 0 Å². The van der Waals surface area contributed by atoms with Crippen molar-refractivity contribution in [2.45, 2.75) is 13.5 Å². The first-order valence-electron chi connectivity index (χ1n) is 9.49. The molecule has 1 fully saturated rings. The molecule has 2 aromatic rings. The average Bonchev–Trinajstić information content (AvgIpc) is 3.00. The Morgan fingerprint density at radius 1 is 1.27 bits per heavy atom. The normalized spacial score (nSPS) is 14.6. The van der Waals surface area contributed by atoms with Crippen LogP contribution in [0.1, 0.15) is 18.1 Å². The van der Waals surface area contributed by atoms with E-state index in [4.69, 9.17) is 14.6 Å². The lowest BCUT2D eigenvalue weighted by Gasteiger charge is -2.14. The number of hydrogen-bond donors (Lipinski definition) is 1. The highest BCUT2D eigenvalue weighted by Gasteiger charge is 2.35. The molecule has 1 N–H and O–H groups in total. The summed E-state index contributed by atoms with van der Waals surface area (Å²) in [6.45, 7) is 1.38. The molecule has 0 saturated carbocycles. The summed E-state index contributed by atoms with van der Waals surface area (Å²) in [5, 5.41) is 19.3. The summed E-state index contributed by atoms with van der Waals surface area (Å²) in [5.74, 6) is -1.20. The maximum absolute atomic E-state index is 12.8. The van der Waals surface area contributed by atoms with Crippen molar-refractivity contribution in [1.82, 2.24) is 4.90 Å². The summed E-state index contributed by atoms with van der Waals surface area (Å²) in [5.41, 5.74) is 0.844. The molecular weight excluding hydrogens is 520 g/mol. The van der Waals surface area contributed by atoms with Gasteiger partial charge in [0.1, 0.15) is 0 Å². The highest BCUT2D eigenvalue weighted by Crippen LogP contribution is 2.39. The fourth-order valence-electron chi connectivity index (χ4n) is 2.95. The number of thioether (sulfide) groups is 1. The van der Waals surface area contributed by atoms with Crippen LogP contribution in [0.25, 0.3) is 6.08 Å². The number of nitro groups is 1. The van der Waals surface area contributed by atoms with Gasteiger partial charge in [-0.1, -0.05) is 12.1 Å². The number of aliphatic carboxylic acids is 1. The Balaban J connectivity index is 1.85. The molecule has 0 aromatic heterocycles. The summed E-state index contributed by atoms with van der Waals surface area (Å²) in [6, 6.07) is 8.90. The third kappa shape index (κ3) is 5.90. The number of benzene rings is 2. The van der Waals surface area contributed by atoms with Gasteiger partial charge in [-0.15, -0.1) is 0 Å². The third-order valence-corrected chi connectivity index (χ3v) is 5.80. The van der Waals surface area contributed by atoms with Crippen LogP contribution in [0.15, 0.2) is 45.8 Å². The Morgan fingerprint density at radius 3 is 2.70 bits per heavy atom. The van der Waals surface area contributed by atoms with Crippen molar-refractivity contribution in [2.75, 3.05) is 13.2 Å². The van der Waals surface area contributed by atoms with Crippen molar-refractivity contribution in [1.29, 1.82) is 0 Å². The summed E-state index contributed by atoms with van der Waals surface area (Å²) in [6.07, 6.45) is 1.51. The van der Waals surface area contributed by atoms with Gasteiger partial charge in [0, 0.05) is 12.1 Å². The molecular formula is C21H17BrN2O8S. The molecule has 3 rings (SSSR count). The second kappa shape index (κ2) is 10.5. The average molecular weight is 537 g/mol. The number of nitro benzene ring substituents is 1. The molecule has 0 spiro atoms. The van der Waals surface area contributed by atoms with E-state index in [-0.39, 0.29) is 28.6 Å².